The summed E-state index contributed by atoms with van der Waals surface area (Å²) in [5.74, 6) is 1.09. The molecule has 1 aromatic carbocycles. The Kier molecular flexibility index (Phi) is 8.17. The summed E-state index contributed by atoms with van der Waals surface area (Å²) < 4.78 is 26.5. The summed E-state index contributed by atoms with van der Waals surface area (Å²) in [6.45, 7) is 6.00. The summed E-state index contributed by atoms with van der Waals surface area (Å²) in [5, 5.41) is 0. The molecule has 1 aliphatic carbocycles. The fraction of sp³-hybridized carbons (Fsp3) is 0.636. The van der Waals surface area contributed by atoms with Gasteiger partial charge in [-0.2, -0.15) is 0 Å². The first-order valence-electron chi connectivity index (χ1n) is 9.97. The van der Waals surface area contributed by atoms with Crippen LogP contribution in [0.2, 0.25) is 0 Å². The number of rotatable bonds is 8. The smallest absolute Gasteiger partial charge is 0.344 e. The molecule has 0 spiro atoms. The second-order valence-electron chi connectivity index (χ2n) is 7.84. The largest absolute Gasteiger partial charge is 0.496 e. The Hall–Kier alpha value is -2.44. The van der Waals surface area contributed by atoms with Gasteiger partial charge in [-0.15, -0.1) is 0 Å². The molecular formula is C22H32O7. The maximum absolute atomic E-state index is 12.5. The van der Waals surface area contributed by atoms with E-state index in [0.717, 1.165) is 19.3 Å². The molecule has 0 N–H and O–H groups in total. The molecule has 2 rings (SSSR count). The molecule has 0 amide bonds. The van der Waals surface area contributed by atoms with Crippen LogP contribution in [0.4, 0.5) is 0 Å². The average Bonchev–Trinajstić information content (AvgIpc) is 2.70. The van der Waals surface area contributed by atoms with Gasteiger partial charge in [0.2, 0.25) is 0 Å². The van der Waals surface area contributed by atoms with Crippen LogP contribution in [0.3, 0.4) is 0 Å². The minimum Gasteiger partial charge on any atom is -0.496 e. The van der Waals surface area contributed by atoms with Crippen molar-refractivity contribution in [1.29, 1.82) is 0 Å². The molecule has 0 saturated heterocycles. The molecule has 0 radical (unpaired) electrons. The number of methoxy groups -OCH3 is 3. The maximum Gasteiger partial charge on any atom is 0.344 e. The first-order chi connectivity index (χ1) is 13.8. The number of benzene rings is 1. The summed E-state index contributed by atoms with van der Waals surface area (Å²) >= 11 is 0. The molecule has 1 aliphatic rings. The normalized spacial score (nSPS) is 21.4. The van der Waals surface area contributed by atoms with E-state index in [4.69, 9.17) is 23.7 Å². The highest BCUT2D eigenvalue weighted by Crippen LogP contribution is 2.36. The molecule has 0 heterocycles. The minimum absolute atomic E-state index is 0.138. The van der Waals surface area contributed by atoms with Crippen molar-refractivity contribution < 1.29 is 33.3 Å². The number of carbonyl (C=O) groups is 2. The molecule has 3 atom stereocenters. The monoisotopic (exact) mass is 408 g/mol. The van der Waals surface area contributed by atoms with Gasteiger partial charge in [0.05, 0.1) is 21.3 Å². The van der Waals surface area contributed by atoms with Gasteiger partial charge in [0.15, 0.2) is 18.1 Å². The lowest BCUT2D eigenvalue weighted by Crippen LogP contribution is -2.36. The van der Waals surface area contributed by atoms with E-state index in [1.165, 1.54) is 33.5 Å². The van der Waals surface area contributed by atoms with Gasteiger partial charge in [-0.05, 0) is 30.6 Å². The van der Waals surface area contributed by atoms with Crippen molar-refractivity contribution >= 4 is 11.9 Å². The van der Waals surface area contributed by atoms with Gasteiger partial charge in [-0.1, -0.05) is 27.2 Å². The Morgan fingerprint density at radius 2 is 1.62 bits per heavy atom. The number of hydrogen-bond donors (Lipinski definition) is 0. The molecule has 0 bridgehead atoms. The van der Waals surface area contributed by atoms with E-state index in [2.05, 4.69) is 20.8 Å². The first-order valence-corrected chi connectivity index (χ1v) is 9.97. The molecule has 0 aromatic heterocycles. The third kappa shape index (κ3) is 5.78. The second-order valence-corrected chi connectivity index (χ2v) is 7.84. The summed E-state index contributed by atoms with van der Waals surface area (Å²) in [6, 6.07) is 2.99. The van der Waals surface area contributed by atoms with Gasteiger partial charge in [-0.3, -0.25) is 0 Å². The molecule has 162 valence electrons. The number of hydrogen-bond acceptors (Lipinski definition) is 7. The Bertz CT molecular complexity index is 713. The van der Waals surface area contributed by atoms with E-state index >= 15 is 0 Å². The fourth-order valence-corrected chi connectivity index (χ4v) is 3.84. The van der Waals surface area contributed by atoms with Crippen LogP contribution in [-0.4, -0.2) is 46.0 Å². The lowest BCUT2D eigenvalue weighted by atomic mass is 9.75. The van der Waals surface area contributed by atoms with Crippen LogP contribution < -0.4 is 14.2 Å². The van der Waals surface area contributed by atoms with Gasteiger partial charge in [-0.25, -0.2) is 9.59 Å². The third-order valence-corrected chi connectivity index (χ3v) is 5.49. The summed E-state index contributed by atoms with van der Waals surface area (Å²) in [7, 11) is 4.39. The van der Waals surface area contributed by atoms with E-state index in [0.29, 0.717) is 29.3 Å². The molecule has 1 aromatic rings. The highest BCUT2D eigenvalue weighted by molar-refractivity contribution is 5.94. The van der Waals surface area contributed by atoms with Crippen LogP contribution >= 0.6 is 0 Å². The molecule has 29 heavy (non-hydrogen) atoms. The first kappa shape index (κ1) is 22.8. The maximum atomic E-state index is 12.5. The van der Waals surface area contributed by atoms with Gasteiger partial charge >= 0.3 is 11.9 Å². The summed E-state index contributed by atoms with van der Waals surface area (Å²) in [6.07, 6.45) is 2.89. The molecule has 7 heteroatoms. The molecule has 3 unspecified atom stereocenters. The lowest BCUT2D eigenvalue weighted by molar-refractivity contribution is -0.159. The number of ether oxygens (including phenoxy) is 5. The van der Waals surface area contributed by atoms with Crippen molar-refractivity contribution in [1.82, 2.24) is 0 Å². The van der Waals surface area contributed by atoms with E-state index in [-0.39, 0.29) is 17.4 Å². The van der Waals surface area contributed by atoms with Gasteiger partial charge < -0.3 is 23.7 Å². The molecular weight excluding hydrogens is 376 g/mol. The zero-order valence-corrected chi connectivity index (χ0v) is 18.2. The van der Waals surface area contributed by atoms with E-state index in [1.807, 2.05) is 0 Å². The van der Waals surface area contributed by atoms with Crippen molar-refractivity contribution in [3.05, 3.63) is 17.7 Å². The Morgan fingerprint density at radius 1 is 1.00 bits per heavy atom. The minimum atomic E-state index is -0.697. The number of esters is 2. The zero-order valence-electron chi connectivity index (χ0n) is 18.2. The van der Waals surface area contributed by atoms with Crippen LogP contribution in [0.5, 0.6) is 17.2 Å². The average molecular weight is 408 g/mol. The van der Waals surface area contributed by atoms with Crippen molar-refractivity contribution in [2.75, 3.05) is 27.9 Å². The van der Waals surface area contributed by atoms with Crippen LogP contribution in [0, 0.1) is 17.8 Å². The van der Waals surface area contributed by atoms with E-state index in [1.54, 1.807) is 0 Å². The topological polar surface area (TPSA) is 80.3 Å². The van der Waals surface area contributed by atoms with E-state index in [9.17, 15) is 9.59 Å². The SMILES string of the molecule is COc1cc(OC)c(C(=O)OCC(=O)OC2CC(C)CCC2C(C)C)cc1OC. The predicted octanol–water partition coefficient (Wildman–Crippen LogP) is 3.87. The fourth-order valence-electron chi connectivity index (χ4n) is 3.84. The highest BCUT2D eigenvalue weighted by Gasteiger charge is 2.33. The lowest BCUT2D eigenvalue weighted by Gasteiger charge is -2.36. The van der Waals surface area contributed by atoms with Crippen molar-refractivity contribution in [2.45, 2.75) is 46.1 Å². The van der Waals surface area contributed by atoms with Crippen molar-refractivity contribution in [3.8, 4) is 17.2 Å². The highest BCUT2D eigenvalue weighted by atomic mass is 16.6. The van der Waals surface area contributed by atoms with Gasteiger partial charge in [0.25, 0.3) is 0 Å². The molecule has 0 aliphatic heterocycles. The predicted molar refractivity (Wildman–Crippen MR) is 108 cm³/mol. The van der Waals surface area contributed by atoms with Crippen molar-refractivity contribution in [3.63, 3.8) is 0 Å². The Balaban J connectivity index is 2.02. The van der Waals surface area contributed by atoms with Crippen LogP contribution in [0.1, 0.15) is 50.4 Å². The summed E-state index contributed by atoms with van der Waals surface area (Å²) in [4.78, 5) is 24.8. The second kappa shape index (κ2) is 10.4. The van der Waals surface area contributed by atoms with Gasteiger partial charge in [0.1, 0.15) is 17.4 Å². The standard InChI is InChI=1S/C22H32O7/c1-13(2)15-8-7-14(3)9-18(15)29-21(23)12-28-22(24)16-10-19(26-5)20(27-6)11-17(16)25-4/h10-11,13-15,18H,7-9,12H2,1-6H3. The zero-order chi connectivity index (χ0) is 21.6. The Morgan fingerprint density at radius 3 is 2.21 bits per heavy atom. The Labute approximate surface area is 172 Å². The molecule has 1 saturated carbocycles. The van der Waals surface area contributed by atoms with E-state index < -0.39 is 18.5 Å². The van der Waals surface area contributed by atoms with Gasteiger partial charge in [0, 0.05) is 12.1 Å². The van der Waals surface area contributed by atoms with Crippen LogP contribution in [0.25, 0.3) is 0 Å². The third-order valence-electron chi connectivity index (χ3n) is 5.49. The molecule has 7 nitrogen and oxygen atoms in total. The van der Waals surface area contributed by atoms with Crippen molar-refractivity contribution in [2.24, 2.45) is 17.8 Å². The van der Waals surface area contributed by atoms with Crippen LogP contribution in [0.15, 0.2) is 12.1 Å². The van der Waals surface area contributed by atoms with Crippen LogP contribution in [-0.2, 0) is 14.3 Å². The number of carbonyl (C=O) groups excluding carboxylic acids is 2. The molecule has 1 fully saturated rings. The quantitative estimate of drug-likeness (QED) is 0.604. The summed E-state index contributed by atoms with van der Waals surface area (Å²) in [5.41, 5.74) is 0.143.